The van der Waals surface area contributed by atoms with Gasteiger partial charge in [-0.15, -0.1) is 0 Å². The van der Waals surface area contributed by atoms with Gasteiger partial charge in [-0.2, -0.15) is 5.26 Å². The van der Waals surface area contributed by atoms with Crippen LogP contribution in [0, 0.1) is 11.3 Å². The summed E-state index contributed by atoms with van der Waals surface area (Å²) in [5.74, 6) is 1.96. The van der Waals surface area contributed by atoms with E-state index in [1.807, 2.05) is 18.2 Å². The van der Waals surface area contributed by atoms with Gasteiger partial charge in [0.05, 0.1) is 17.1 Å². The Balaban J connectivity index is 1.79. The molecule has 0 aliphatic carbocycles. The average Bonchev–Trinajstić information content (AvgIpc) is 3.25. The van der Waals surface area contributed by atoms with E-state index in [4.69, 9.17) is 10.2 Å². The van der Waals surface area contributed by atoms with E-state index in [0.29, 0.717) is 5.69 Å². The van der Waals surface area contributed by atoms with E-state index in [-0.39, 0.29) is 6.04 Å². The number of nitrogens with zero attached hydrogens (tertiary/aromatic N) is 5. The highest BCUT2D eigenvalue weighted by Crippen LogP contribution is 2.36. The number of benzene rings is 1. The molecule has 1 aliphatic heterocycles. The van der Waals surface area contributed by atoms with Crippen LogP contribution in [0.3, 0.4) is 0 Å². The van der Waals surface area contributed by atoms with E-state index in [9.17, 15) is 0 Å². The molecule has 1 fully saturated rings. The molecule has 1 atom stereocenters. The Morgan fingerprint density at radius 2 is 2.04 bits per heavy atom. The van der Waals surface area contributed by atoms with Gasteiger partial charge in [0.25, 0.3) is 0 Å². The number of hydrogen-bond donors (Lipinski definition) is 0. The van der Waals surface area contributed by atoms with Gasteiger partial charge in [-0.1, -0.05) is 18.2 Å². The highest BCUT2D eigenvalue weighted by atomic mass is 15.3. The van der Waals surface area contributed by atoms with Gasteiger partial charge >= 0.3 is 0 Å². The van der Waals surface area contributed by atoms with Crippen molar-refractivity contribution in [2.24, 2.45) is 0 Å². The van der Waals surface area contributed by atoms with Gasteiger partial charge in [-0.3, -0.25) is 0 Å². The fraction of sp³-hybridized carbons (Fsp3) is 0.316. The summed E-state index contributed by atoms with van der Waals surface area (Å²) in [5, 5.41) is 9.12. The summed E-state index contributed by atoms with van der Waals surface area (Å²) in [6, 6.07) is 16.3. The van der Waals surface area contributed by atoms with E-state index < -0.39 is 0 Å². The number of imidazole rings is 1. The van der Waals surface area contributed by atoms with Gasteiger partial charge in [-0.25, -0.2) is 9.97 Å². The minimum absolute atomic E-state index is 0.207. The summed E-state index contributed by atoms with van der Waals surface area (Å²) in [4.78, 5) is 11.7. The fourth-order valence-electron chi connectivity index (χ4n) is 3.64. The van der Waals surface area contributed by atoms with Gasteiger partial charge < -0.3 is 9.47 Å². The number of pyridine rings is 1. The standard InChI is InChI=1S/C19H19N5/c1-2-23-16-9-4-3-8-15(16)22-19(23)17-10-6-12-24(17)18-11-5-7-14(13-20)21-18/h3-5,7-9,11,17H,2,6,10,12H2,1H3. The molecule has 1 aromatic carbocycles. The van der Waals surface area contributed by atoms with Crippen molar-refractivity contribution >= 4 is 16.9 Å². The zero-order chi connectivity index (χ0) is 16.5. The van der Waals surface area contributed by atoms with Crippen molar-refractivity contribution in [2.75, 3.05) is 11.4 Å². The molecule has 0 amide bonds. The number of hydrogen-bond acceptors (Lipinski definition) is 4. The normalized spacial score (nSPS) is 17.3. The van der Waals surface area contributed by atoms with Crippen LogP contribution in [-0.4, -0.2) is 21.1 Å². The van der Waals surface area contributed by atoms with Crippen LogP contribution in [0.4, 0.5) is 5.82 Å². The summed E-state index contributed by atoms with van der Waals surface area (Å²) >= 11 is 0. The number of anilines is 1. The number of rotatable bonds is 3. The van der Waals surface area contributed by atoms with E-state index in [0.717, 1.165) is 43.1 Å². The summed E-state index contributed by atoms with van der Waals surface area (Å²) < 4.78 is 2.30. The second kappa shape index (κ2) is 5.97. The molecule has 24 heavy (non-hydrogen) atoms. The van der Waals surface area contributed by atoms with Gasteiger partial charge in [0.2, 0.25) is 0 Å². The van der Waals surface area contributed by atoms with Gasteiger partial charge in [-0.05, 0) is 44.0 Å². The molecule has 0 saturated carbocycles. The smallest absolute Gasteiger partial charge is 0.142 e. The molecular weight excluding hydrogens is 298 g/mol. The lowest BCUT2D eigenvalue weighted by Crippen LogP contribution is -2.26. The molecule has 5 nitrogen and oxygen atoms in total. The third-order valence-electron chi connectivity index (χ3n) is 4.69. The third-order valence-corrected chi connectivity index (χ3v) is 4.69. The van der Waals surface area contributed by atoms with Gasteiger partial charge in [0.15, 0.2) is 0 Å². The van der Waals surface area contributed by atoms with Crippen LogP contribution in [0.25, 0.3) is 11.0 Å². The van der Waals surface area contributed by atoms with Crippen molar-refractivity contribution < 1.29 is 0 Å². The van der Waals surface area contributed by atoms with E-state index in [1.165, 1.54) is 5.52 Å². The number of aromatic nitrogens is 3. The van der Waals surface area contributed by atoms with Crippen LogP contribution < -0.4 is 4.90 Å². The lowest BCUT2D eigenvalue weighted by Gasteiger charge is -2.26. The minimum atomic E-state index is 0.207. The predicted octanol–water partition coefficient (Wildman–Crippen LogP) is 3.66. The fourth-order valence-corrected chi connectivity index (χ4v) is 3.64. The molecule has 1 saturated heterocycles. The predicted molar refractivity (Wildman–Crippen MR) is 93.7 cm³/mol. The Hall–Kier alpha value is -2.87. The average molecular weight is 317 g/mol. The minimum Gasteiger partial charge on any atom is -0.346 e. The Morgan fingerprint density at radius 1 is 1.17 bits per heavy atom. The molecule has 3 aromatic rings. The molecule has 120 valence electrons. The monoisotopic (exact) mass is 317 g/mol. The second-order valence-electron chi connectivity index (χ2n) is 6.05. The van der Waals surface area contributed by atoms with E-state index in [2.05, 4.69) is 45.6 Å². The summed E-state index contributed by atoms with van der Waals surface area (Å²) in [6.45, 7) is 4.00. The molecular formula is C19H19N5. The highest BCUT2D eigenvalue weighted by Gasteiger charge is 2.31. The maximum Gasteiger partial charge on any atom is 0.142 e. The number of aryl methyl sites for hydroxylation is 1. The number of fused-ring (bicyclic) bond motifs is 1. The molecule has 0 radical (unpaired) electrons. The van der Waals surface area contributed by atoms with E-state index in [1.54, 1.807) is 6.07 Å². The summed E-state index contributed by atoms with van der Waals surface area (Å²) in [5.41, 5.74) is 2.68. The van der Waals surface area contributed by atoms with Crippen molar-refractivity contribution in [3.05, 3.63) is 54.0 Å². The van der Waals surface area contributed by atoms with Crippen molar-refractivity contribution in [1.82, 2.24) is 14.5 Å². The van der Waals surface area contributed by atoms with Gasteiger partial charge in [0.1, 0.15) is 23.4 Å². The second-order valence-corrected chi connectivity index (χ2v) is 6.05. The third kappa shape index (κ3) is 2.31. The first-order valence-electron chi connectivity index (χ1n) is 8.40. The maximum absolute atomic E-state index is 9.12. The van der Waals surface area contributed by atoms with E-state index >= 15 is 0 Å². The quantitative estimate of drug-likeness (QED) is 0.739. The first-order valence-corrected chi connectivity index (χ1v) is 8.40. The Morgan fingerprint density at radius 3 is 2.88 bits per heavy atom. The first kappa shape index (κ1) is 14.7. The van der Waals surface area contributed by atoms with Crippen LogP contribution in [0.15, 0.2) is 42.5 Å². The maximum atomic E-state index is 9.12. The lowest BCUT2D eigenvalue weighted by molar-refractivity contribution is 0.606. The highest BCUT2D eigenvalue weighted by molar-refractivity contribution is 5.76. The lowest BCUT2D eigenvalue weighted by atomic mass is 10.2. The molecule has 2 aromatic heterocycles. The molecule has 0 bridgehead atoms. The van der Waals surface area contributed by atoms with Crippen LogP contribution in [0.1, 0.15) is 37.3 Å². The van der Waals surface area contributed by atoms with Crippen LogP contribution in [-0.2, 0) is 6.54 Å². The molecule has 5 heteroatoms. The Kier molecular flexibility index (Phi) is 3.66. The van der Waals surface area contributed by atoms with Gasteiger partial charge in [0, 0.05) is 13.1 Å². The number of para-hydroxylation sites is 2. The molecule has 1 unspecified atom stereocenters. The first-order chi connectivity index (χ1) is 11.8. The van der Waals surface area contributed by atoms with Crippen molar-refractivity contribution in [3.8, 4) is 6.07 Å². The van der Waals surface area contributed by atoms with Crippen molar-refractivity contribution in [2.45, 2.75) is 32.4 Å². The van der Waals surface area contributed by atoms with Crippen molar-refractivity contribution in [1.29, 1.82) is 5.26 Å². The Bertz CT molecular complexity index is 921. The molecule has 3 heterocycles. The SMILES string of the molecule is CCn1c(C2CCCN2c2cccc(C#N)n2)nc2ccccc21. The molecule has 1 aliphatic rings. The number of nitriles is 1. The summed E-state index contributed by atoms with van der Waals surface area (Å²) in [7, 11) is 0. The molecule has 0 N–H and O–H groups in total. The summed E-state index contributed by atoms with van der Waals surface area (Å²) in [6.07, 6.45) is 2.16. The topological polar surface area (TPSA) is 57.7 Å². The zero-order valence-corrected chi connectivity index (χ0v) is 13.7. The van der Waals surface area contributed by atoms with Crippen LogP contribution in [0.5, 0.6) is 0 Å². The van der Waals surface area contributed by atoms with Crippen LogP contribution >= 0.6 is 0 Å². The van der Waals surface area contributed by atoms with Crippen LogP contribution in [0.2, 0.25) is 0 Å². The molecule has 0 spiro atoms. The zero-order valence-electron chi connectivity index (χ0n) is 13.7. The largest absolute Gasteiger partial charge is 0.346 e. The Labute approximate surface area is 141 Å². The molecule has 4 rings (SSSR count). The van der Waals surface area contributed by atoms with Crippen molar-refractivity contribution in [3.63, 3.8) is 0 Å².